The van der Waals surface area contributed by atoms with Gasteiger partial charge in [-0.25, -0.2) is 0 Å². The summed E-state index contributed by atoms with van der Waals surface area (Å²) in [6, 6.07) is 8.88. The molecule has 5 nitrogen and oxygen atoms in total. The predicted octanol–water partition coefficient (Wildman–Crippen LogP) is 5.04. The predicted molar refractivity (Wildman–Crippen MR) is 96.1 cm³/mol. The van der Waals surface area contributed by atoms with Crippen LogP contribution in [0.5, 0.6) is 5.75 Å². The first-order valence-electron chi connectivity index (χ1n) is 7.36. The number of rotatable bonds is 7. The van der Waals surface area contributed by atoms with E-state index in [0.29, 0.717) is 28.2 Å². The minimum atomic E-state index is 0.499. The monoisotopic (exact) mass is 383 g/mol. The maximum atomic E-state index is 6.08. The van der Waals surface area contributed by atoms with Crippen LogP contribution in [0, 0.1) is 0 Å². The van der Waals surface area contributed by atoms with Crippen LogP contribution in [0.25, 0.3) is 11.6 Å². The molecule has 0 bridgehead atoms. The molecule has 0 amide bonds. The van der Waals surface area contributed by atoms with Gasteiger partial charge < -0.3 is 9.15 Å². The van der Waals surface area contributed by atoms with Gasteiger partial charge in [-0.1, -0.05) is 35.0 Å². The standard InChI is InChI=1S/C16H15Cl2N3O2S/c1-2-21-15(14-4-3-7-22-14)19-20-16(21)24-9-8-23-13-6-5-11(17)10-12(13)18/h3-7,10H,2,8-9H2,1H3. The topological polar surface area (TPSA) is 53.1 Å². The number of hydrogen-bond donors (Lipinski definition) is 0. The molecule has 8 heteroatoms. The first-order valence-corrected chi connectivity index (χ1v) is 9.11. The van der Waals surface area contributed by atoms with Crippen LogP contribution in [0.1, 0.15) is 6.92 Å². The summed E-state index contributed by atoms with van der Waals surface area (Å²) in [4.78, 5) is 0. The second kappa shape index (κ2) is 7.96. The highest BCUT2D eigenvalue weighted by molar-refractivity contribution is 7.99. The number of thioether (sulfide) groups is 1. The second-order valence-electron chi connectivity index (χ2n) is 4.80. The largest absolute Gasteiger partial charge is 0.491 e. The van der Waals surface area contributed by atoms with Crippen LogP contribution >= 0.6 is 35.0 Å². The van der Waals surface area contributed by atoms with Crippen molar-refractivity contribution in [3.05, 3.63) is 46.6 Å². The Morgan fingerprint density at radius 3 is 2.83 bits per heavy atom. The van der Waals surface area contributed by atoms with Gasteiger partial charge in [0.1, 0.15) is 5.75 Å². The molecule has 126 valence electrons. The molecule has 0 spiro atoms. The molecule has 0 aliphatic heterocycles. The lowest BCUT2D eigenvalue weighted by Gasteiger charge is -2.08. The molecule has 0 N–H and O–H groups in total. The molecule has 0 unspecified atom stereocenters. The van der Waals surface area contributed by atoms with Crippen molar-refractivity contribution in [2.45, 2.75) is 18.6 Å². The van der Waals surface area contributed by atoms with Gasteiger partial charge >= 0.3 is 0 Å². The minimum absolute atomic E-state index is 0.499. The van der Waals surface area contributed by atoms with Gasteiger partial charge in [-0.2, -0.15) is 0 Å². The molecule has 2 aromatic heterocycles. The third-order valence-electron chi connectivity index (χ3n) is 3.24. The lowest BCUT2D eigenvalue weighted by molar-refractivity contribution is 0.344. The molecule has 24 heavy (non-hydrogen) atoms. The highest BCUT2D eigenvalue weighted by atomic mass is 35.5. The van der Waals surface area contributed by atoms with Crippen LogP contribution in [-0.2, 0) is 6.54 Å². The van der Waals surface area contributed by atoms with Crippen molar-refractivity contribution in [2.24, 2.45) is 0 Å². The van der Waals surface area contributed by atoms with Crippen molar-refractivity contribution < 1.29 is 9.15 Å². The molecule has 2 heterocycles. The van der Waals surface area contributed by atoms with E-state index < -0.39 is 0 Å². The Bertz CT molecular complexity index is 806. The summed E-state index contributed by atoms with van der Waals surface area (Å²) in [6.45, 7) is 3.30. The normalized spacial score (nSPS) is 11.0. The second-order valence-corrected chi connectivity index (χ2v) is 6.71. The van der Waals surface area contributed by atoms with Gasteiger partial charge in [0.15, 0.2) is 16.7 Å². The number of nitrogens with zero attached hydrogens (tertiary/aromatic N) is 3. The van der Waals surface area contributed by atoms with Crippen LogP contribution in [0.2, 0.25) is 10.0 Å². The fraction of sp³-hybridized carbons (Fsp3) is 0.250. The van der Waals surface area contributed by atoms with Gasteiger partial charge in [-0.15, -0.1) is 10.2 Å². The molecule has 3 aromatic rings. The number of aromatic nitrogens is 3. The lowest BCUT2D eigenvalue weighted by Crippen LogP contribution is -2.03. The van der Waals surface area contributed by atoms with Crippen LogP contribution in [0.3, 0.4) is 0 Å². The van der Waals surface area contributed by atoms with Crippen molar-refractivity contribution in [3.63, 3.8) is 0 Å². The maximum Gasteiger partial charge on any atom is 0.200 e. The van der Waals surface area contributed by atoms with E-state index in [1.807, 2.05) is 23.6 Å². The summed E-state index contributed by atoms with van der Waals surface area (Å²) >= 11 is 13.5. The average Bonchev–Trinajstić information content (AvgIpc) is 3.22. The van der Waals surface area contributed by atoms with E-state index in [1.54, 1.807) is 36.2 Å². The van der Waals surface area contributed by atoms with E-state index in [4.69, 9.17) is 32.4 Å². The van der Waals surface area contributed by atoms with E-state index in [9.17, 15) is 0 Å². The summed E-state index contributed by atoms with van der Waals surface area (Å²) in [6.07, 6.45) is 1.63. The van der Waals surface area contributed by atoms with Gasteiger partial charge in [-0.05, 0) is 37.3 Å². The van der Waals surface area contributed by atoms with Gasteiger partial charge in [0.05, 0.1) is 17.9 Å². The van der Waals surface area contributed by atoms with Crippen LogP contribution in [0.4, 0.5) is 0 Å². The van der Waals surface area contributed by atoms with E-state index in [-0.39, 0.29) is 0 Å². The molecule has 0 aliphatic carbocycles. The van der Waals surface area contributed by atoms with Gasteiger partial charge in [0, 0.05) is 17.3 Å². The smallest absolute Gasteiger partial charge is 0.200 e. The fourth-order valence-corrected chi connectivity index (χ4v) is 3.43. The number of hydrogen-bond acceptors (Lipinski definition) is 5. The highest BCUT2D eigenvalue weighted by Gasteiger charge is 2.15. The van der Waals surface area contributed by atoms with Crippen molar-refractivity contribution in [3.8, 4) is 17.3 Å². The number of ether oxygens (including phenoxy) is 1. The SMILES string of the molecule is CCn1c(SCCOc2ccc(Cl)cc2Cl)nnc1-c1ccco1. The van der Waals surface area contributed by atoms with Crippen LogP contribution in [0.15, 0.2) is 46.2 Å². The molecule has 0 fully saturated rings. The molecule has 0 saturated heterocycles. The molecular formula is C16H15Cl2N3O2S. The highest BCUT2D eigenvalue weighted by Crippen LogP contribution is 2.28. The summed E-state index contributed by atoms with van der Waals surface area (Å²) in [7, 11) is 0. The first-order chi connectivity index (χ1) is 11.7. The van der Waals surface area contributed by atoms with E-state index in [2.05, 4.69) is 10.2 Å². The quantitative estimate of drug-likeness (QED) is 0.422. The Morgan fingerprint density at radius 1 is 1.25 bits per heavy atom. The van der Waals surface area contributed by atoms with Gasteiger partial charge in [0.2, 0.25) is 0 Å². The summed E-state index contributed by atoms with van der Waals surface area (Å²) in [5, 5.41) is 10.4. The summed E-state index contributed by atoms with van der Waals surface area (Å²) < 4.78 is 13.1. The number of halogens is 2. The van der Waals surface area contributed by atoms with E-state index in [1.165, 1.54) is 0 Å². The maximum absolute atomic E-state index is 6.08. The molecule has 0 atom stereocenters. The Kier molecular flexibility index (Phi) is 5.71. The van der Waals surface area contributed by atoms with Gasteiger partial charge in [-0.3, -0.25) is 4.57 Å². The molecule has 0 aliphatic rings. The van der Waals surface area contributed by atoms with Crippen molar-refractivity contribution in [2.75, 3.05) is 12.4 Å². The van der Waals surface area contributed by atoms with E-state index in [0.717, 1.165) is 23.3 Å². The van der Waals surface area contributed by atoms with E-state index >= 15 is 0 Å². The van der Waals surface area contributed by atoms with Crippen molar-refractivity contribution in [1.82, 2.24) is 14.8 Å². The molecule has 0 saturated carbocycles. The third-order valence-corrected chi connectivity index (χ3v) is 4.70. The fourth-order valence-electron chi connectivity index (χ4n) is 2.15. The van der Waals surface area contributed by atoms with Crippen LogP contribution < -0.4 is 4.74 Å². The average molecular weight is 384 g/mol. The van der Waals surface area contributed by atoms with Crippen LogP contribution in [-0.4, -0.2) is 27.1 Å². The Morgan fingerprint density at radius 2 is 2.12 bits per heavy atom. The Labute approximate surface area is 153 Å². The zero-order valence-corrected chi connectivity index (χ0v) is 15.2. The van der Waals surface area contributed by atoms with Crippen molar-refractivity contribution in [1.29, 1.82) is 0 Å². The molecular weight excluding hydrogens is 369 g/mol. The molecule has 0 radical (unpaired) electrons. The molecule has 1 aromatic carbocycles. The Balaban J connectivity index is 1.59. The summed E-state index contributed by atoms with van der Waals surface area (Å²) in [5.41, 5.74) is 0. The molecule has 3 rings (SSSR count). The Hall–Kier alpha value is -1.63. The van der Waals surface area contributed by atoms with Gasteiger partial charge in [0.25, 0.3) is 0 Å². The third kappa shape index (κ3) is 3.88. The number of furan rings is 1. The zero-order chi connectivity index (χ0) is 16.9. The lowest BCUT2D eigenvalue weighted by atomic mass is 10.3. The summed E-state index contributed by atoms with van der Waals surface area (Å²) in [5.74, 6) is 2.77. The number of benzene rings is 1. The minimum Gasteiger partial charge on any atom is -0.491 e. The van der Waals surface area contributed by atoms with Crippen molar-refractivity contribution >= 4 is 35.0 Å². The first kappa shape index (κ1) is 17.2. The zero-order valence-electron chi connectivity index (χ0n) is 12.9.